The van der Waals surface area contributed by atoms with E-state index in [4.69, 9.17) is 18.2 Å². The number of phenols is 1. The molecule has 8 aromatic rings. The van der Waals surface area contributed by atoms with Crippen LogP contribution in [0, 0.1) is 19.8 Å². The standard InChI is InChI=1S/C56H56N3O.Pt/c1-35-27-44(34-46(36(35)2)38-21-16-13-17-22-38)59-50-24-18-23-45(51(50)58-53(59)47-32-43(55(6,7)8)33-48(52(47)60)56(9,10)11)40-28-41(30-42(29-40)54(3,4)5)49-31-39(25-26-57-49)37-19-14-12-15-20-37;/h12-27,29-34,60H,1-11H3;/q-1;/i1D3,2D3;. The first-order chi connectivity index (χ1) is 30.8. The van der Waals surface area contributed by atoms with E-state index >= 15 is 0 Å². The van der Waals surface area contributed by atoms with Crippen molar-refractivity contribution >= 4 is 11.0 Å². The molecular formula is C56H56N3OPt-. The summed E-state index contributed by atoms with van der Waals surface area (Å²) in [5.41, 5.74) is 9.30. The molecule has 0 spiro atoms. The Morgan fingerprint density at radius 2 is 1.25 bits per heavy atom. The van der Waals surface area contributed by atoms with Crippen LogP contribution in [0.4, 0.5) is 0 Å². The van der Waals surface area contributed by atoms with Crippen molar-refractivity contribution in [2.75, 3.05) is 0 Å². The monoisotopic (exact) mass is 987 g/mol. The summed E-state index contributed by atoms with van der Waals surface area (Å²) < 4.78 is 54.2. The van der Waals surface area contributed by atoms with Gasteiger partial charge < -0.3 is 5.11 Å². The van der Waals surface area contributed by atoms with Crippen LogP contribution in [0.15, 0.2) is 134 Å². The number of imidazole rings is 1. The third kappa shape index (κ3) is 8.53. The van der Waals surface area contributed by atoms with Gasteiger partial charge in [0.2, 0.25) is 0 Å². The molecule has 2 aromatic heterocycles. The molecule has 0 bridgehead atoms. The molecule has 0 aliphatic heterocycles. The average Bonchev–Trinajstić information content (AvgIpc) is 3.64. The fourth-order valence-corrected chi connectivity index (χ4v) is 7.84. The Morgan fingerprint density at radius 3 is 1.89 bits per heavy atom. The number of hydrogen-bond acceptors (Lipinski definition) is 3. The SMILES string of the molecule is [2H]C([2H])([2H])c1cc(-n2c(-c3cc(C(C)(C)C)cc(C(C)(C)C)c3O)nc3c(-c4[c-]c(-c5cc(-c6ccccc6)ccn5)cc(C(C)(C)C)c4)cccc32)cc(-c2ccccc2)c1C([2H])([2H])[2H].[Pt]. The summed E-state index contributed by atoms with van der Waals surface area (Å²) in [5.74, 6) is 0.424. The molecule has 8 rings (SSSR count). The van der Waals surface area contributed by atoms with Crippen molar-refractivity contribution in [3.05, 3.63) is 167 Å². The van der Waals surface area contributed by atoms with Crippen molar-refractivity contribution in [3.63, 3.8) is 0 Å². The van der Waals surface area contributed by atoms with E-state index in [0.29, 0.717) is 33.7 Å². The van der Waals surface area contributed by atoms with Gasteiger partial charge in [-0.05, 0) is 99.2 Å². The molecule has 5 heteroatoms. The molecule has 0 amide bonds. The van der Waals surface area contributed by atoms with Gasteiger partial charge in [-0.15, -0.1) is 29.3 Å². The molecule has 61 heavy (non-hydrogen) atoms. The average molecular weight is 988 g/mol. The third-order valence-electron chi connectivity index (χ3n) is 11.3. The summed E-state index contributed by atoms with van der Waals surface area (Å²) in [6, 6.07) is 44.4. The maximum atomic E-state index is 12.5. The van der Waals surface area contributed by atoms with E-state index in [-0.39, 0.29) is 54.3 Å². The second-order valence-electron chi connectivity index (χ2n) is 18.9. The van der Waals surface area contributed by atoms with Crippen LogP contribution in [0.5, 0.6) is 5.75 Å². The van der Waals surface area contributed by atoms with E-state index in [1.54, 1.807) is 30.3 Å². The maximum Gasteiger partial charge on any atom is 0.148 e. The van der Waals surface area contributed by atoms with Gasteiger partial charge in [0.1, 0.15) is 11.6 Å². The summed E-state index contributed by atoms with van der Waals surface area (Å²) in [5, 5.41) is 12.5. The smallest absolute Gasteiger partial charge is 0.148 e. The van der Waals surface area contributed by atoms with E-state index in [9.17, 15) is 5.11 Å². The van der Waals surface area contributed by atoms with Crippen LogP contribution >= 0.6 is 0 Å². The number of rotatable bonds is 6. The minimum atomic E-state index is -2.80. The predicted octanol–water partition coefficient (Wildman–Crippen LogP) is 14.8. The van der Waals surface area contributed by atoms with Gasteiger partial charge in [-0.25, -0.2) is 4.98 Å². The molecule has 4 nitrogen and oxygen atoms in total. The van der Waals surface area contributed by atoms with Gasteiger partial charge in [0.05, 0.1) is 16.6 Å². The van der Waals surface area contributed by atoms with Crippen LogP contribution in [0.3, 0.4) is 0 Å². The molecule has 0 saturated carbocycles. The maximum absolute atomic E-state index is 12.5. The molecule has 0 atom stereocenters. The van der Waals surface area contributed by atoms with Crippen molar-refractivity contribution in [1.29, 1.82) is 0 Å². The molecule has 312 valence electrons. The van der Waals surface area contributed by atoms with Gasteiger partial charge in [-0.2, -0.15) is 0 Å². The van der Waals surface area contributed by atoms with Gasteiger partial charge >= 0.3 is 0 Å². The first kappa shape index (κ1) is 36.1. The molecule has 0 saturated heterocycles. The number of benzene rings is 6. The second kappa shape index (κ2) is 16.4. The minimum Gasteiger partial charge on any atom is -0.507 e. The summed E-state index contributed by atoms with van der Waals surface area (Å²) in [7, 11) is 0. The van der Waals surface area contributed by atoms with E-state index in [1.165, 1.54) is 6.07 Å². The number of para-hydroxylation sites is 1. The van der Waals surface area contributed by atoms with Crippen molar-refractivity contribution in [2.45, 2.75) is 92.3 Å². The Labute approximate surface area is 385 Å². The largest absolute Gasteiger partial charge is 0.507 e. The molecule has 0 aliphatic rings. The molecule has 0 radical (unpaired) electrons. The first-order valence-electron chi connectivity index (χ1n) is 23.6. The molecule has 6 aromatic carbocycles. The third-order valence-corrected chi connectivity index (χ3v) is 11.3. The van der Waals surface area contributed by atoms with Crippen molar-refractivity contribution in [3.8, 4) is 67.5 Å². The zero-order valence-electron chi connectivity index (χ0n) is 42.3. The van der Waals surface area contributed by atoms with Gasteiger partial charge in [-0.1, -0.05) is 158 Å². The Hall–Kier alpha value is -5.57. The Kier molecular flexibility index (Phi) is 9.69. The number of hydrogen-bond donors (Lipinski definition) is 1. The summed E-state index contributed by atoms with van der Waals surface area (Å²) in [4.78, 5) is 10.3. The van der Waals surface area contributed by atoms with Crippen LogP contribution in [0.1, 0.15) is 98.4 Å². The molecule has 0 unspecified atom stereocenters. The Bertz CT molecular complexity index is 3120. The number of fused-ring (bicyclic) bond motifs is 1. The normalized spacial score (nSPS) is 14.0. The van der Waals surface area contributed by atoms with E-state index in [1.807, 2.05) is 65.4 Å². The van der Waals surface area contributed by atoms with Gasteiger partial charge in [0.15, 0.2) is 0 Å². The molecular weight excluding hydrogens is 926 g/mol. The van der Waals surface area contributed by atoms with Crippen LogP contribution in [0.2, 0.25) is 0 Å². The Morgan fingerprint density at radius 1 is 0.590 bits per heavy atom. The van der Waals surface area contributed by atoms with Crippen LogP contribution in [-0.4, -0.2) is 19.6 Å². The fourth-order valence-electron chi connectivity index (χ4n) is 7.84. The van der Waals surface area contributed by atoms with Gasteiger partial charge in [0, 0.05) is 52.4 Å². The van der Waals surface area contributed by atoms with Crippen LogP contribution in [0.25, 0.3) is 72.7 Å². The fraction of sp³-hybridized carbons (Fsp3) is 0.250. The summed E-state index contributed by atoms with van der Waals surface area (Å²) in [6.45, 7) is 13.5. The molecule has 0 fully saturated rings. The van der Waals surface area contributed by atoms with Gasteiger partial charge in [0.25, 0.3) is 0 Å². The van der Waals surface area contributed by atoms with E-state index in [0.717, 1.165) is 50.2 Å². The number of aryl methyl sites for hydroxylation is 1. The van der Waals surface area contributed by atoms with Gasteiger partial charge in [-0.3, -0.25) is 9.55 Å². The molecule has 0 aliphatic carbocycles. The van der Waals surface area contributed by atoms with Crippen LogP contribution < -0.4 is 0 Å². The molecule has 2 heterocycles. The minimum absolute atomic E-state index is 0. The van der Waals surface area contributed by atoms with E-state index < -0.39 is 19.1 Å². The van der Waals surface area contributed by atoms with Crippen molar-refractivity contribution < 1.29 is 34.4 Å². The summed E-state index contributed by atoms with van der Waals surface area (Å²) >= 11 is 0. The first-order valence-corrected chi connectivity index (χ1v) is 20.6. The topological polar surface area (TPSA) is 50.9 Å². The number of pyridine rings is 1. The van der Waals surface area contributed by atoms with Crippen molar-refractivity contribution in [2.24, 2.45) is 0 Å². The van der Waals surface area contributed by atoms with Crippen LogP contribution in [-0.2, 0) is 37.3 Å². The predicted molar refractivity (Wildman–Crippen MR) is 252 cm³/mol. The van der Waals surface area contributed by atoms with Crippen molar-refractivity contribution in [1.82, 2.24) is 14.5 Å². The zero-order valence-corrected chi connectivity index (χ0v) is 38.6. The number of nitrogens with zero attached hydrogens (tertiary/aromatic N) is 3. The number of phenolic OH excluding ortho intramolecular Hbond substituents is 1. The Balaban J connectivity index is 0.00000666. The number of aromatic hydroxyl groups is 1. The summed E-state index contributed by atoms with van der Waals surface area (Å²) in [6.07, 6.45) is 1.82. The quantitative estimate of drug-likeness (QED) is 0.169. The zero-order chi connectivity index (χ0) is 47.7. The molecule has 1 N–H and O–H groups in total. The second-order valence-corrected chi connectivity index (χ2v) is 18.9. The van der Waals surface area contributed by atoms with E-state index in [2.05, 4.69) is 105 Å². The number of aromatic nitrogens is 3.